The molecule has 4 unspecified atom stereocenters. The Morgan fingerprint density at radius 1 is 1.15 bits per heavy atom. The Morgan fingerprint density at radius 3 is 2.64 bits per heavy atom. The predicted molar refractivity (Wildman–Crippen MR) is 152 cm³/mol. The van der Waals surface area contributed by atoms with Crippen LogP contribution in [0.4, 0.5) is 0 Å². The number of likely N-dealkylation sites (tertiary alicyclic amines) is 1. The maximum Gasteiger partial charge on any atom is 0.326 e. The third-order valence-electron chi connectivity index (χ3n) is 7.08. The van der Waals surface area contributed by atoms with Gasteiger partial charge in [0.1, 0.15) is 18.1 Å². The summed E-state index contributed by atoms with van der Waals surface area (Å²) < 4.78 is 0. The van der Waals surface area contributed by atoms with Crippen LogP contribution in [0.2, 0.25) is 0 Å². The molecule has 39 heavy (non-hydrogen) atoms. The Bertz CT molecular complexity index is 1140. The molecule has 11 nitrogen and oxygen atoms in total. The molecule has 0 spiro atoms. The lowest BCUT2D eigenvalue weighted by Crippen LogP contribution is -2.57. The van der Waals surface area contributed by atoms with E-state index in [0.717, 1.165) is 22.2 Å². The van der Waals surface area contributed by atoms with E-state index in [9.17, 15) is 24.3 Å². The van der Waals surface area contributed by atoms with Gasteiger partial charge in [-0.05, 0) is 68.7 Å². The molecular weight excluding hydrogens is 520 g/mol. The van der Waals surface area contributed by atoms with Crippen LogP contribution in [0.15, 0.2) is 30.5 Å². The molecule has 3 rings (SSSR count). The quantitative estimate of drug-likeness (QED) is 0.174. The Morgan fingerprint density at radius 2 is 1.92 bits per heavy atom. The SMILES string of the molecule is CSCCC(N)C(=O)NC(CCCCN)C(=O)N1CCCC1C(=O)NC(Cc1c[nH]c2ccccc12)C(=O)O. The number of nitrogens with zero attached hydrogens (tertiary/aromatic N) is 1. The number of carbonyl (C=O) groups excluding carboxylic acids is 3. The Kier molecular flexibility index (Phi) is 11.6. The molecule has 4 atom stereocenters. The van der Waals surface area contributed by atoms with Crippen molar-refractivity contribution >= 4 is 46.4 Å². The van der Waals surface area contributed by atoms with Crippen molar-refractivity contribution in [3.63, 3.8) is 0 Å². The number of carboxylic acid groups (broad SMARTS) is 1. The molecule has 3 amide bonds. The Labute approximate surface area is 232 Å². The normalized spacial score (nSPS) is 17.5. The number of amides is 3. The molecule has 12 heteroatoms. The molecule has 1 aromatic carbocycles. The van der Waals surface area contributed by atoms with Gasteiger partial charge in [-0.1, -0.05) is 18.2 Å². The van der Waals surface area contributed by atoms with Crippen LogP contribution in [0.5, 0.6) is 0 Å². The highest BCUT2D eigenvalue weighted by molar-refractivity contribution is 7.98. The highest BCUT2D eigenvalue weighted by Crippen LogP contribution is 2.22. The number of rotatable bonds is 15. The molecule has 2 heterocycles. The summed E-state index contributed by atoms with van der Waals surface area (Å²) in [5.74, 6) is -1.72. The number of nitrogens with one attached hydrogen (secondary N) is 3. The number of unbranched alkanes of at least 4 members (excludes halogenated alkanes) is 1. The number of nitrogens with two attached hydrogens (primary N) is 2. The van der Waals surface area contributed by atoms with E-state index >= 15 is 0 Å². The number of hydrogen-bond acceptors (Lipinski definition) is 7. The largest absolute Gasteiger partial charge is 0.480 e. The van der Waals surface area contributed by atoms with Crippen molar-refractivity contribution in [2.75, 3.05) is 25.1 Å². The molecule has 0 radical (unpaired) electrons. The standard InChI is InChI=1S/C27H40N6O5S/c1-39-14-11-19(29)24(34)31-21(9-4-5-12-28)26(36)33-13-6-10-23(33)25(35)32-22(27(37)38)15-17-16-30-20-8-3-2-7-18(17)20/h2-3,7-8,16,19,21-23,30H,4-6,9-15,28-29H2,1H3,(H,31,34)(H,32,35)(H,37,38). The summed E-state index contributed by atoms with van der Waals surface area (Å²) in [5, 5.41) is 16.2. The van der Waals surface area contributed by atoms with Gasteiger partial charge in [-0.3, -0.25) is 14.4 Å². The van der Waals surface area contributed by atoms with E-state index in [-0.39, 0.29) is 12.3 Å². The number of H-pyrrole nitrogens is 1. The summed E-state index contributed by atoms with van der Waals surface area (Å²) >= 11 is 1.58. The minimum atomic E-state index is -1.16. The first-order valence-corrected chi connectivity index (χ1v) is 14.8. The molecule has 1 fully saturated rings. The van der Waals surface area contributed by atoms with Crippen molar-refractivity contribution in [1.82, 2.24) is 20.5 Å². The van der Waals surface area contributed by atoms with Crippen molar-refractivity contribution in [3.8, 4) is 0 Å². The highest BCUT2D eigenvalue weighted by Gasteiger charge is 2.39. The van der Waals surface area contributed by atoms with E-state index in [0.29, 0.717) is 51.6 Å². The topological polar surface area (TPSA) is 184 Å². The second-order valence-electron chi connectivity index (χ2n) is 9.89. The number of para-hydroxylation sites is 1. The average molecular weight is 561 g/mol. The third-order valence-corrected chi connectivity index (χ3v) is 7.73. The Balaban J connectivity index is 1.70. The van der Waals surface area contributed by atoms with Crippen molar-refractivity contribution in [2.24, 2.45) is 11.5 Å². The minimum Gasteiger partial charge on any atom is -0.480 e. The number of aliphatic carboxylic acids is 1. The van der Waals surface area contributed by atoms with Gasteiger partial charge in [0.25, 0.3) is 0 Å². The summed E-state index contributed by atoms with van der Waals surface area (Å²) in [7, 11) is 0. The second kappa shape index (κ2) is 14.9. The summed E-state index contributed by atoms with van der Waals surface area (Å²) in [6.45, 7) is 0.808. The van der Waals surface area contributed by atoms with E-state index in [1.54, 1.807) is 18.0 Å². The Hall–Kier alpha value is -3.09. The van der Waals surface area contributed by atoms with Crippen LogP contribution in [0, 0.1) is 0 Å². The number of aromatic nitrogens is 1. The van der Waals surface area contributed by atoms with E-state index in [4.69, 9.17) is 11.5 Å². The fourth-order valence-electron chi connectivity index (χ4n) is 4.90. The van der Waals surface area contributed by atoms with E-state index in [2.05, 4.69) is 15.6 Å². The van der Waals surface area contributed by atoms with Gasteiger partial charge in [0.15, 0.2) is 0 Å². The molecule has 1 aromatic heterocycles. The van der Waals surface area contributed by atoms with Gasteiger partial charge in [-0.25, -0.2) is 4.79 Å². The van der Waals surface area contributed by atoms with Crippen molar-refractivity contribution in [1.29, 1.82) is 0 Å². The van der Waals surface area contributed by atoms with E-state index in [1.165, 1.54) is 4.90 Å². The molecular formula is C27H40N6O5S. The maximum atomic E-state index is 13.6. The molecule has 2 aromatic rings. The lowest BCUT2D eigenvalue weighted by Gasteiger charge is -2.30. The number of thioether (sulfide) groups is 1. The van der Waals surface area contributed by atoms with Crippen LogP contribution in [-0.2, 0) is 25.6 Å². The zero-order valence-electron chi connectivity index (χ0n) is 22.4. The van der Waals surface area contributed by atoms with Crippen LogP contribution in [0.25, 0.3) is 10.9 Å². The number of fused-ring (bicyclic) bond motifs is 1. The lowest BCUT2D eigenvalue weighted by atomic mass is 10.0. The summed E-state index contributed by atoms with van der Waals surface area (Å²) in [5.41, 5.74) is 13.3. The third kappa shape index (κ3) is 8.20. The van der Waals surface area contributed by atoms with Gasteiger partial charge >= 0.3 is 5.97 Å². The summed E-state index contributed by atoms with van der Waals surface area (Å²) in [4.78, 5) is 56.2. The minimum absolute atomic E-state index is 0.0947. The monoisotopic (exact) mass is 560 g/mol. The van der Waals surface area contributed by atoms with Crippen molar-refractivity contribution in [3.05, 3.63) is 36.0 Å². The van der Waals surface area contributed by atoms with Crippen LogP contribution >= 0.6 is 11.8 Å². The summed E-state index contributed by atoms with van der Waals surface area (Å²) in [6, 6.07) is 3.99. The first-order valence-electron chi connectivity index (χ1n) is 13.4. The maximum absolute atomic E-state index is 13.6. The molecule has 1 aliphatic rings. The van der Waals surface area contributed by atoms with Crippen LogP contribution in [0.1, 0.15) is 44.1 Å². The highest BCUT2D eigenvalue weighted by atomic mass is 32.2. The molecule has 214 valence electrons. The zero-order chi connectivity index (χ0) is 28.4. The molecule has 8 N–H and O–H groups in total. The van der Waals surface area contributed by atoms with Gasteiger partial charge in [-0.2, -0.15) is 11.8 Å². The molecule has 0 saturated carbocycles. The van der Waals surface area contributed by atoms with Gasteiger partial charge in [0.05, 0.1) is 6.04 Å². The smallest absolute Gasteiger partial charge is 0.326 e. The van der Waals surface area contributed by atoms with Gasteiger partial charge in [-0.15, -0.1) is 0 Å². The predicted octanol–water partition coefficient (Wildman–Crippen LogP) is 0.965. The van der Waals surface area contributed by atoms with E-state index in [1.807, 2.05) is 30.5 Å². The average Bonchev–Trinajstić information content (AvgIpc) is 3.58. The van der Waals surface area contributed by atoms with Crippen LogP contribution in [-0.4, -0.2) is 87.9 Å². The van der Waals surface area contributed by atoms with Crippen LogP contribution in [0.3, 0.4) is 0 Å². The number of benzene rings is 1. The number of hydrogen-bond donors (Lipinski definition) is 6. The molecule has 1 saturated heterocycles. The number of carbonyl (C=O) groups is 4. The molecule has 0 aliphatic carbocycles. The first-order chi connectivity index (χ1) is 18.8. The summed E-state index contributed by atoms with van der Waals surface area (Å²) in [6.07, 6.45) is 6.96. The van der Waals surface area contributed by atoms with Crippen molar-refractivity contribution < 1.29 is 24.3 Å². The van der Waals surface area contributed by atoms with Crippen molar-refractivity contribution in [2.45, 2.75) is 69.1 Å². The molecule has 0 bridgehead atoms. The second-order valence-corrected chi connectivity index (χ2v) is 10.9. The zero-order valence-corrected chi connectivity index (χ0v) is 23.2. The van der Waals surface area contributed by atoms with Gasteiger partial charge < -0.3 is 37.1 Å². The van der Waals surface area contributed by atoms with Gasteiger partial charge in [0.2, 0.25) is 17.7 Å². The number of carboxylic acids is 1. The first kappa shape index (κ1) is 30.5. The van der Waals surface area contributed by atoms with Crippen LogP contribution < -0.4 is 22.1 Å². The lowest BCUT2D eigenvalue weighted by molar-refractivity contribution is -0.145. The fraction of sp³-hybridized carbons (Fsp3) is 0.556. The molecule has 1 aliphatic heterocycles. The number of aromatic amines is 1. The van der Waals surface area contributed by atoms with E-state index < -0.39 is 42.0 Å². The van der Waals surface area contributed by atoms with Gasteiger partial charge in [0, 0.05) is 30.1 Å². The fourth-order valence-corrected chi connectivity index (χ4v) is 5.39.